The summed E-state index contributed by atoms with van der Waals surface area (Å²) >= 11 is 0. The Morgan fingerprint density at radius 1 is 1.07 bits per heavy atom. The van der Waals surface area contributed by atoms with E-state index in [9.17, 15) is 25.5 Å². The molecule has 1 unspecified atom stereocenters. The quantitative estimate of drug-likeness (QED) is 0.312. The molecule has 1 fully saturated rings. The van der Waals surface area contributed by atoms with Crippen molar-refractivity contribution in [1.82, 2.24) is 19.5 Å². The third-order valence-corrected chi connectivity index (χ3v) is 4.65. The predicted octanol–water partition coefficient (Wildman–Crippen LogP) is -0.539. The van der Waals surface area contributed by atoms with Crippen LogP contribution >= 0.6 is 0 Å². The zero-order chi connectivity index (χ0) is 19.8. The highest BCUT2D eigenvalue weighted by molar-refractivity contribution is 5.82. The second-order valence-corrected chi connectivity index (χ2v) is 6.45. The Morgan fingerprint density at radius 3 is 2.61 bits per heavy atom. The molecular formula is C17H19N5O6. The average Bonchev–Trinajstić information content (AvgIpc) is 3.24. The molecule has 3 heterocycles. The van der Waals surface area contributed by atoms with Gasteiger partial charge in [-0.05, 0) is 17.7 Å². The van der Waals surface area contributed by atoms with Crippen LogP contribution in [0.1, 0.15) is 11.8 Å². The number of benzene rings is 1. The smallest absolute Gasteiger partial charge is 0.167 e. The first-order valence-electron chi connectivity index (χ1n) is 8.54. The fourth-order valence-corrected chi connectivity index (χ4v) is 3.14. The molecule has 4 atom stereocenters. The normalized spacial score (nSPS) is 24.7. The molecule has 4 rings (SSSR count). The number of rotatable bonds is 5. The van der Waals surface area contributed by atoms with E-state index in [4.69, 9.17) is 4.74 Å². The van der Waals surface area contributed by atoms with E-state index in [0.717, 1.165) is 0 Å². The lowest BCUT2D eigenvalue weighted by molar-refractivity contribution is -0.0511. The Balaban J connectivity index is 1.59. The first kappa shape index (κ1) is 18.4. The van der Waals surface area contributed by atoms with Crippen molar-refractivity contribution in [3.8, 4) is 11.5 Å². The number of fused-ring (bicyclic) bond motifs is 1. The van der Waals surface area contributed by atoms with Crippen molar-refractivity contribution < 1.29 is 30.3 Å². The molecule has 11 heteroatoms. The number of ether oxygens (including phenoxy) is 1. The highest BCUT2D eigenvalue weighted by Gasteiger charge is 2.44. The number of aliphatic hydroxyl groups is 3. The van der Waals surface area contributed by atoms with Crippen LogP contribution in [0, 0.1) is 0 Å². The Morgan fingerprint density at radius 2 is 1.89 bits per heavy atom. The lowest BCUT2D eigenvalue weighted by atomic mass is 10.1. The van der Waals surface area contributed by atoms with Gasteiger partial charge in [0, 0.05) is 6.54 Å². The minimum Gasteiger partial charge on any atom is -0.504 e. The molecule has 0 bridgehead atoms. The van der Waals surface area contributed by atoms with E-state index in [2.05, 4.69) is 20.3 Å². The molecule has 1 aliphatic heterocycles. The number of phenols is 2. The minimum absolute atomic E-state index is 0.203. The predicted molar refractivity (Wildman–Crippen MR) is 95.4 cm³/mol. The first-order valence-corrected chi connectivity index (χ1v) is 8.54. The summed E-state index contributed by atoms with van der Waals surface area (Å²) in [4.78, 5) is 12.6. The second kappa shape index (κ2) is 7.20. The van der Waals surface area contributed by atoms with E-state index >= 15 is 0 Å². The summed E-state index contributed by atoms with van der Waals surface area (Å²) in [6, 6.07) is 4.47. The van der Waals surface area contributed by atoms with Crippen molar-refractivity contribution in [2.75, 3.05) is 11.9 Å². The summed E-state index contributed by atoms with van der Waals surface area (Å²) in [6.07, 6.45) is -1.60. The van der Waals surface area contributed by atoms with Crippen molar-refractivity contribution in [3.05, 3.63) is 36.4 Å². The molecule has 148 valence electrons. The van der Waals surface area contributed by atoms with E-state index < -0.39 is 31.1 Å². The van der Waals surface area contributed by atoms with Gasteiger partial charge in [-0.1, -0.05) is 6.07 Å². The van der Waals surface area contributed by atoms with Gasteiger partial charge in [0.1, 0.15) is 24.6 Å². The number of aromatic hydroxyl groups is 2. The van der Waals surface area contributed by atoms with Gasteiger partial charge in [-0.15, -0.1) is 0 Å². The van der Waals surface area contributed by atoms with Gasteiger partial charge in [-0.2, -0.15) is 0 Å². The number of hydrogen-bond acceptors (Lipinski definition) is 10. The molecule has 0 saturated carbocycles. The molecular weight excluding hydrogens is 370 g/mol. The van der Waals surface area contributed by atoms with Crippen LogP contribution in [-0.4, -0.2) is 70.0 Å². The molecule has 1 aromatic carbocycles. The fourth-order valence-electron chi connectivity index (χ4n) is 3.14. The lowest BCUT2D eigenvalue weighted by Crippen LogP contribution is -2.33. The van der Waals surface area contributed by atoms with E-state index in [1.165, 1.54) is 29.4 Å². The average molecular weight is 389 g/mol. The summed E-state index contributed by atoms with van der Waals surface area (Å²) in [5.41, 5.74) is 1.51. The molecule has 11 nitrogen and oxygen atoms in total. The molecule has 1 saturated heterocycles. The molecule has 0 amide bonds. The van der Waals surface area contributed by atoms with Crippen molar-refractivity contribution in [2.24, 2.45) is 0 Å². The highest BCUT2D eigenvalue weighted by Crippen LogP contribution is 2.32. The van der Waals surface area contributed by atoms with Crippen LogP contribution in [0.4, 0.5) is 5.82 Å². The van der Waals surface area contributed by atoms with Crippen LogP contribution in [0.2, 0.25) is 0 Å². The van der Waals surface area contributed by atoms with E-state index in [-0.39, 0.29) is 11.5 Å². The lowest BCUT2D eigenvalue weighted by Gasteiger charge is -2.16. The van der Waals surface area contributed by atoms with Crippen molar-refractivity contribution in [3.63, 3.8) is 0 Å². The number of aliphatic hydroxyl groups excluding tert-OH is 3. The highest BCUT2D eigenvalue weighted by atomic mass is 16.6. The topological polar surface area (TPSA) is 166 Å². The summed E-state index contributed by atoms with van der Waals surface area (Å²) in [7, 11) is 0. The molecule has 0 aliphatic carbocycles. The molecule has 3 aromatic rings. The Labute approximate surface area is 158 Å². The maximum Gasteiger partial charge on any atom is 0.167 e. The largest absolute Gasteiger partial charge is 0.504 e. The maximum atomic E-state index is 10.2. The summed E-state index contributed by atoms with van der Waals surface area (Å²) in [5.74, 6) is -0.00533. The number of aromatic nitrogens is 4. The Bertz CT molecular complexity index is 995. The van der Waals surface area contributed by atoms with Crippen LogP contribution in [0.15, 0.2) is 30.9 Å². The minimum atomic E-state index is -1.25. The van der Waals surface area contributed by atoms with Crippen LogP contribution in [0.3, 0.4) is 0 Å². The standard InChI is InChI=1S/C17H19N5O6/c23-5-11-13(26)14(27)17(28-11)22-7-21-12-15(19-6-20-16(12)22)18-4-8-1-2-9(24)10(25)3-8/h1-3,6-7,11,13-14,17,23-27H,4-5H2,(H,18,19,20)/t11-,13+,14?,17-/m1/s1. The second-order valence-electron chi connectivity index (χ2n) is 6.45. The van der Waals surface area contributed by atoms with Gasteiger partial charge in [-0.25, -0.2) is 15.0 Å². The SMILES string of the molecule is OC[C@H]1O[C@@H](n2cnc3c(NCc4ccc(O)c(O)c4)ncnc32)C(O)[C@H]1O. The van der Waals surface area contributed by atoms with Crippen LogP contribution < -0.4 is 5.32 Å². The maximum absolute atomic E-state index is 10.2. The summed E-state index contributed by atoms with van der Waals surface area (Å²) in [6.45, 7) is -0.122. The van der Waals surface area contributed by atoms with Crippen molar-refractivity contribution >= 4 is 17.0 Å². The zero-order valence-corrected chi connectivity index (χ0v) is 14.5. The third kappa shape index (κ3) is 3.10. The Hall–Kier alpha value is -2.99. The van der Waals surface area contributed by atoms with Crippen molar-refractivity contribution in [1.29, 1.82) is 0 Å². The molecule has 28 heavy (non-hydrogen) atoms. The van der Waals surface area contributed by atoms with Crippen molar-refractivity contribution in [2.45, 2.75) is 31.1 Å². The summed E-state index contributed by atoms with van der Waals surface area (Å²) in [5, 5.41) is 51.5. The van der Waals surface area contributed by atoms with Gasteiger partial charge < -0.3 is 35.6 Å². The van der Waals surface area contributed by atoms with Crippen LogP contribution in [0.25, 0.3) is 11.2 Å². The molecule has 1 aliphatic rings. The van der Waals surface area contributed by atoms with Gasteiger partial charge in [0.15, 0.2) is 34.7 Å². The van der Waals surface area contributed by atoms with E-state index in [1.807, 2.05) is 0 Å². The molecule has 2 aromatic heterocycles. The summed E-state index contributed by atoms with van der Waals surface area (Å²) < 4.78 is 6.99. The van der Waals surface area contributed by atoms with Gasteiger partial charge in [-0.3, -0.25) is 4.57 Å². The number of phenolic OH excluding ortho intramolecular Hbond substituents is 2. The van der Waals surface area contributed by atoms with Gasteiger partial charge in [0.05, 0.1) is 12.9 Å². The Kier molecular flexibility index (Phi) is 4.73. The van der Waals surface area contributed by atoms with Gasteiger partial charge in [0.2, 0.25) is 0 Å². The van der Waals surface area contributed by atoms with E-state index in [1.54, 1.807) is 6.07 Å². The van der Waals surface area contributed by atoms with Gasteiger partial charge >= 0.3 is 0 Å². The number of nitrogens with zero attached hydrogens (tertiary/aromatic N) is 4. The molecule has 0 radical (unpaired) electrons. The van der Waals surface area contributed by atoms with Crippen LogP contribution in [-0.2, 0) is 11.3 Å². The van der Waals surface area contributed by atoms with Crippen LogP contribution in [0.5, 0.6) is 11.5 Å². The number of anilines is 1. The molecule has 6 N–H and O–H groups in total. The fraction of sp³-hybridized carbons (Fsp3) is 0.353. The zero-order valence-electron chi connectivity index (χ0n) is 14.5. The number of imidazole rings is 1. The monoisotopic (exact) mass is 389 g/mol. The van der Waals surface area contributed by atoms with E-state index in [0.29, 0.717) is 29.1 Å². The van der Waals surface area contributed by atoms with Gasteiger partial charge in [0.25, 0.3) is 0 Å². The number of hydrogen-bond donors (Lipinski definition) is 6. The third-order valence-electron chi connectivity index (χ3n) is 4.65. The molecule has 0 spiro atoms. The number of nitrogens with one attached hydrogen (secondary N) is 1. The first-order chi connectivity index (χ1) is 13.5.